The first kappa shape index (κ1) is 17.1. The molecule has 1 aromatic rings. The van der Waals surface area contributed by atoms with Gasteiger partial charge in [0.1, 0.15) is 11.9 Å². The van der Waals surface area contributed by atoms with Gasteiger partial charge in [-0.15, -0.1) is 0 Å². The quantitative estimate of drug-likeness (QED) is 0.564. The standard InChI is InChI=1S/C25H36O/c1-24-16-7-11-21(24)20-14-13-18-8-6-12-23(25(18,2)22(20)15-17-24)26-19-9-4-3-5-10-19/h3-5,9-10,18,20-23H,6-8,11-17H2,1-2H3/t18?,20-,21+,22+,23?,24+,25+/m1/s1. The predicted molar refractivity (Wildman–Crippen MR) is 107 cm³/mol. The molecule has 0 amide bonds. The molecule has 4 fully saturated rings. The highest BCUT2D eigenvalue weighted by molar-refractivity contribution is 5.22. The van der Waals surface area contributed by atoms with Crippen molar-refractivity contribution in [3.8, 4) is 5.75 Å². The van der Waals surface area contributed by atoms with Crippen molar-refractivity contribution in [3.05, 3.63) is 30.3 Å². The Labute approximate surface area is 159 Å². The summed E-state index contributed by atoms with van der Waals surface area (Å²) in [5.74, 6) is 4.84. The Morgan fingerprint density at radius 2 is 1.65 bits per heavy atom. The third-order valence-electron chi connectivity index (χ3n) is 9.48. The summed E-state index contributed by atoms with van der Waals surface area (Å²) in [6.07, 6.45) is 14.8. The topological polar surface area (TPSA) is 9.23 Å². The molecule has 4 aliphatic rings. The highest BCUT2D eigenvalue weighted by Crippen LogP contribution is 2.66. The van der Waals surface area contributed by atoms with Gasteiger partial charge in [0.05, 0.1) is 0 Å². The van der Waals surface area contributed by atoms with E-state index < -0.39 is 0 Å². The van der Waals surface area contributed by atoms with Crippen molar-refractivity contribution >= 4 is 0 Å². The minimum atomic E-state index is 0.390. The Bertz CT molecular complexity index is 639. The third kappa shape index (κ3) is 2.49. The van der Waals surface area contributed by atoms with Crippen molar-refractivity contribution in [2.24, 2.45) is 34.5 Å². The first-order chi connectivity index (χ1) is 12.6. The van der Waals surface area contributed by atoms with E-state index in [1.807, 2.05) is 0 Å². The summed E-state index contributed by atoms with van der Waals surface area (Å²) in [4.78, 5) is 0. The molecule has 26 heavy (non-hydrogen) atoms. The molecule has 0 bridgehead atoms. The maximum absolute atomic E-state index is 6.71. The minimum absolute atomic E-state index is 0.390. The van der Waals surface area contributed by atoms with E-state index in [4.69, 9.17) is 4.74 Å². The number of ether oxygens (including phenoxy) is 1. The van der Waals surface area contributed by atoms with E-state index in [-0.39, 0.29) is 0 Å². The van der Waals surface area contributed by atoms with Crippen LogP contribution in [0.4, 0.5) is 0 Å². The van der Waals surface area contributed by atoms with E-state index >= 15 is 0 Å². The summed E-state index contributed by atoms with van der Waals surface area (Å²) in [6, 6.07) is 10.6. The lowest BCUT2D eigenvalue weighted by Gasteiger charge is -2.61. The molecule has 7 atom stereocenters. The Kier molecular flexibility index (Phi) is 4.14. The number of hydrogen-bond donors (Lipinski definition) is 0. The largest absolute Gasteiger partial charge is 0.490 e. The van der Waals surface area contributed by atoms with Gasteiger partial charge < -0.3 is 4.74 Å². The second-order valence-electron chi connectivity index (χ2n) is 10.5. The van der Waals surface area contributed by atoms with Crippen LogP contribution in [0, 0.1) is 34.5 Å². The molecule has 0 aromatic heterocycles. The molecule has 0 radical (unpaired) electrons. The zero-order chi connectivity index (χ0) is 17.8. The van der Waals surface area contributed by atoms with Crippen LogP contribution in [0.5, 0.6) is 5.75 Å². The van der Waals surface area contributed by atoms with Crippen molar-refractivity contribution in [1.29, 1.82) is 0 Å². The van der Waals surface area contributed by atoms with E-state index in [1.165, 1.54) is 64.2 Å². The monoisotopic (exact) mass is 352 g/mol. The number of para-hydroxylation sites is 1. The van der Waals surface area contributed by atoms with Crippen LogP contribution in [0.1, 0.15) is 78.1 Å². The van der Waals surface area contributed by atoms with Crippen LogP contribution < -0.4 is 4.74 Å². The van der Waals surface area contributed by atoms with Crippen LogP contribution in [0.25, 0.3) is 0 Å². The minimum Gasteiger partial charge on any atom is -0.490 e. The molecule has 0 aliphatic heterocycles. The summed E-state index contributed by atoms with van der Waals surface area (Å²) in [6.45, 7) is 5.26. The molecule has 0 heterocycles. The van der Waals surface area contributed by atoms with Gasteiger partial charge in [0, 0.05) is 5.41 Å². The lowest BCUT2D eigenvalue weighted by atomic mass is 9.44. The van der Waals surface area contributed by atoms with Crippen LogP contribution >= 0.6 is 0 Å². The molecule has 0 N–H and O–H groups in total. The lowest BCUT2D eigenvalue weighted by molar-refractivity contribution is -0.151. The van der Waals surface area contributed by atoms with Gasteiger partial charge >= 0.3 is 0 Å². The van der Waals surface area contributed by atoms with Gasteiger partial charge in [-0.25, -0.2) is 0 Å². The van der Waals surface area contributed by atoms with E-state index in [1.54, 1.807) is 0 Å². The summed E-state index contributed by atoms with van der Waals surface area (Å²) in [5.41, 5.74) is 1.05. The summed E-state index contributed by atoms with van der Waals surface area (Å²) >= 11 is 0. The average Bonchev–Trinajstić information content (AvgIpc) is 3.05. The van der Waals surface area contributed by atoms with Crippen molar-refractivity contribution in [3.63, 3.8) is 0 Å². The highest BCUT2D eigenvalue weighted by atomic mass is 16.5. The molecule has 0 saturated heterocycles. The SMILES string of the molecule is C[C@@]12CCC[C@H]1[C@H]1CCC3CCCC(Oc4ccccc4)[C@]3(C)[C@H]1CC2. The molecule has 2 unspecified atom stereocenters. The number of rotatable bonds is 2. The molecule has 4 aliphatic carbocycles. The van der Waals surface area contributed by atoms with Gasteiger partial charge in [-0.05, 0) is 99.0 Å². The fourth-order valence-electron chi connectivity index (χ4n) is 8.13. The molecule has 4 saturated carbocycles. The fraction of sp³-hybridized carbons (Fsp3) is 0.760. The molecular formula is C25H36O. The molecule has 0 spiro atoms. The Morgan fingerprint density at radius 1 is 0.808 bits per heavy atom. The zero-order valence-electron chi connectivity index (χ0n) is 16.8. The second kappa shape index (κ2) is 6.28. The van der Waals surface area contributed by atoms with Gasteiger partial charge in [-0.3, -0.25) is 0 Å². The zero-order valence-corrected chi connectivity index (χ0v) is 16.8. The van der Waals surface area contributed by atoms with Crippen LogP contribution in [-0.4, -0.2) is 6.10 Å². The molecule has 1 aromatic carbocycles. The van der Waals surface area contributed by atoms with Gasteiger partial charge in [0.15, 0.2) is 0 Å². The predicted octanol–water partition coefficient (Wildman–Crippen LogP) is 6.87. The van der Waals surface area contributed by atoms with Gasteiger partial charge in [0.25, 0.3) is 0 Å². The van der Waals surface area contributed by atoms with E-state index in [9.17, 15) is 0 Å². The lowest BCUT2D eigenvalue weighted by Crippen LogP contribution is -2.58. The molecular weight excluding hydrogens is 316 g/mol. The molecule has 142 valence electrons. The maximum Gasteiger partial charge on any atom is 0.119 e. The van der Waals surface area contributed by atoms with Gasteiger partial charge in [0.2, 0.25) is 0 Å². The maximum atomic E-state index is 6.71. The van der Waals surface area contributed by atoms with Crippen molar-refractivity contribution in [2.45, 2.75) is 84.2 Å². The van der Waals surface area contributed by atoms with Crippen molar-refractivity contribution < 1.29 is 4.74 Å². The fourth-order valence-corrected chi connectivity index (χ4v) is 8.13. The van der Waals surface area contributed by atoms with Crippen molar-refractivity contribution in [1.82, 2.24) is 0 Å². The first-order valence-electron chi connectivity index (χ1n) is 11.3. The van der Waals surface area contributed by atoms with Crippen LogP contribution in [0.2, 0.25) is 0 Å². The second-order valence-corrected chi connectivity index (χ2v) is 10.5. The number of hydrogen-bond acceptors (Lipinski definition) is 1. The molecule has 1 nitrogen and oxygen atoms in total. The first-order valence-corrected chi connectivity index (χ1v) is 11.3. The summed E-state index contributed by atoms with van der Waals surface area (Å²) in [5, 5.41) is 0. The highest BCUT2D eigenvalue weighted by Gasteiger charge is 2.60. The summed E-state index contributed by atoms with van der Waals surface area (Å²) in [7, 11) is 0. The number of fused-ring (bicyclic) bond motifs is 5. The van der Waals surface area contributed by atoms with E-state index in [2.05, 4.69) is 44.2 Å². The summed E-state index contributed by atoms with van der Waals surface area (Å²) < 4.78 is 6.71. The average molecular weight is 353 g/mol. The van der Waals surface area contributed by atoms with Crippen LogP contribution in [0.3, 0.4) is 0 Å². The normalized spacial score (nSPS) is 47.5. The van der Waals surface area contributed by atoms with E-state index in [0.717, 1.165) is 29.4 Å². The van der Waals surface area contributed by atoms with Crippen molar-refractivity contribution in [2.75, 3.05) is 0 Å². The van der Waals surface area contributed by atoms with E-state index in [0.29, 0.717) is 16.9 Å². The Hall–Kier alpha value is -0.980. The smallest absolute Gasteiger partial charge is 0.119 e. The molecule has 5 rings (SSSR count). The van der Waals surface area contributed by atoms with Gasteiger partial charge in [-0.2, -0.15) is 0 Å². The Morgan fingerprint density at radius 3 is 2.50 bits per heavy atom. The van der Waals surface area contributed by atoms with Crippen LogP contribution in [-0.2, 0) is 0 Å². The number of benzene rings is 1. The molecule has 1 heteroatoms. The van der Waals surface area contributed by atoms with Crippen LogP contribution in [0.15, 0.2) is 30.3 Å². The Balaban J connectivity index is 1.46. The van der Waals surface area contributed by atoms with Gasteiger partial charge in [-0.1, -0.05) is 38.5 Å². The third-order valence-corrected chi connectivity index (χ3v) is 9.48.